The van der Waals surface area contributed by atoms with E-state index in [0.717, 1.165) is 33.5 Å². The van der Waals surface area contributed by atoms with Gasteiger partial charge in [0.25, 0.3) is 0 Å². The van der Waals surface area contributed by atoms with Crippen molar-refractivity contribution in [1.82, 2.24) is 24.7 Å². The third-order valence-corrected chi connectivity index (χ3v) is 4.52. The van der Waals surface area contributed by atoms with Crippen molar-refractivity contribution < 1.29 is 0 Å². The summed E-state index contributed by atoms with van der Waals surface area (Å²) in [5.74, 6) is 0.854. The normalized spacial score (nSPS) is 10.9. The molecule has 3 aromatic rings. The lowest BCUT2D eigenvalue weighted by Gasteiger charge is -2.00. The van der Waals surface area contributed by atoms with Crippen molar-refractivity contribution in [3.8, 4) is 21.3 Å². The molecule has 0 aliphatic heterocycles. The number of hydrogen-bond acceptors (Lipinski definition) is 5. The molecule has 0 radical (unpaired) electrons. The Morgan fingerprint density at radius 2 is 2.10 bits per heavy atom. The smallest absolute Gasteiger partial charge is 0.195 e. The molecule has 3 heterocycles. The predicted molar refractivity (Wildman–Crippen MR) is 82.2 cm³/mol. The van der Waals surface area contributed by atoms with Crippen molar-refractivity contribution in [2.24, 2.45) is 0 Å². The number of aromatic amines is 1. The maximum absolute atomic E-state index is 5.24. The van der Waals surface area contributed by atoms with Crippen molar-refractivity contribution in [3.63, 3.8) is 0 Å². The number of rotatable bonds is 3. The Kier molecular flexibility index (Phi) is 3.45. The highest BCUT2D eigenvalue weighted by Crippen LogP contribution is 2.33. The second kappa shape index (κ2) is 5.26. The van der Waals surface area contributed by atoms with Gasteiger partial charge in [0.2, 0.25) is 0 Å². The molecule has 7 heteroatoms. The number of nitrogens with zero attached hydrogens (tertiary/aromatic N) is 4. The summed E-state index contributed by atoms with van der Waals surface area (Å²) in [7, 11) is 0. The molecule has 102 valence electrons. The van der Waals surface area contributed by atoms with Crippen molar-refractivity contribution in [2.75, 3.05) is 0 Å². The van der Waals surface area contributed by atoms with Gasteiger partial charge < -0.3 is 0 Å². The molecule has 0 aliphatic rings. The van der Waals surface area contributed by atoms with Crippen molar-refractivity contribution in [2.45, 2.75) is 20.4 Å². The molecule has 0 aliphatic carbocycles. The van der Waals surface area contributed by atoms with Gasteiger partial charge in [-0.15, -0.1) is 11.3 Å². The first-order chi connectivity index (χ1) is 9.70. The van der Waals surface area contributed by atoms with Crippen LogP contribution in [0.1, 0.15) is 12.6 Å². The van der Waals surface area contributed by atoms with Crippen molar-refractivity contribution in [3.05, 3.63) is 35.0 Å². The fourth-order valence-corrected chi connectivity index (χ4v) is 3.34. The summed E-state index contributed by atoms with van der Waals surface area (Å²) in [6.45, 7) is 4.83. The summed E-state index contributed by atoms with van der Waals surface area (Å²) >= 11 is 6.86. The zero-order valence-electron chi connectivity index (χ0n) is 11.1. The quantitative estimate of drug-likeness (QED) is 0.753. The number of nitrogens with one attached hydrogen (secondary N) is 1. The monoisotopic (exact) mass is 303 g/mol. The van der Waals surface area contributed by atoms with E-state index in [2.05, 4.69) is 27.1 Å². The number of aryl methyl sites for hydroxylation is 1. The molecule has 5 nitrogen and oxygen atoms in total. The fourth-order valence-electron chi connectivity index (χ4n) is 2.01. The van der Waals surface area contributed by atoms with Gasteiger partial charge in [0, 0.05) is 24.5 Å². The van der Waals surface area contributed by atoms with Gasteiger partial charge in [0.15, 0.2) is 10.6 Å². The Morgan fingerprint density at radius 3 is 2.80 bits per heavy atom. The van der Waals surface area contributed by atoms with Gasteiger partial charge in [0.05, 0.1) is 10.6 Å². The average molecular weight is 303 g/mol. The van der Waals surface area contributed by atoms with E-state index in [1.807, 2.05) is 23.6 Å². The maximum atomic E-state index is 5.24. The lowest BCUT2D eigenvalue weighted by molar-refractivity contribution is 0.756. The van der Waals surface area contributed by atoms with Gasteiger partial charge in [-0.05, 0) is 38.2 Å². The summed E-state index contributed by atoms with van der Waals surface area (Å²) in [5.41, 5.74) is 2.03. The Bertz CT molecular complexity index is 785. The Hall–Kier alpha value is -1.86. The van der Waals surface area contributed by atoms with Crippen LogP contribution in [0.15, 0.2) is 24.5 Å². The minimum atomic E-state index is 0.640. The van der Waals surface area contributed by atoms with E-state index >= 15 is 0 Å². The third kappa shape index (κ3) is 2.19. The zero-order valence-corrected chi connectivity index (χ0v) is 12.8. The van der Waals surface area contributed by atoms with E-state index in [-0.39, 0.29) is 0 Å². The van der Waals surface area contributed by atoms with E-state index in [1.54, 1.807) is 23.7 Å². The lowest BCUT2D eigenvalue weighted by Crippen LogP contribution is -1.97. The van der Waals surface area contributed by atoms with Crippen LogP contribution in [0.5, 0.6) is 0 Å². The molecular formula is C13H13N5S2. The van der Waals surface area contributed by atoms with Gasteiger partial charge in [-0.2, -0.15) is 5.10 Å². The standard InChI is InChI=1S/C13H13N5S2/c1-3-18-11(16-17-13(18)19)10-8(2)15-12(20-10)9-4-6-14-7-5-9/h4-7H,3H2,1-2H3,(H,17,19). The third-order valence-electron chi connectivity index (χ3n) is 3.00. The molecule has 3 rings (SSSR count). The summed E-state index contributed by atoms with van der Waals surface area (Å²) in [5, 5.41) is 8.15. The molecule has 0 bridgehead atoms. The number of hydrogen-bond donors (Lipinski definition) is 1. The second-order valence-corrected chi connectivity index (χ2v) is 5.65. The summed E-state index contributed by atoms with van der Waals surface area (Å²) in [6, 6.07) is 3.91. The molecule has 0 fully saturated rings. The number of aromatic nitrogens is 5. The second-order valence-electron chi connectivity index (χ2n) is 4.27. The Labute approximate surface area is 125 Å². The van der Waals surface area contributed by atoms with E-state index in [4.69, 9.17) is 12.2 Å². The average Bonchev–Trinajstić information content (AvgIpc) is 3.02. The van der Waals surface area contributed by atoms with Crippen LogP contribution in [0, 0.1) is 11.7 Å². The molecule has 20 heavy (non-hydrogen) atoms. The molecule has 0 aromatic carbocycles. The van der Waals surface area contributed by atoms with Crippen LogP contribution in [-0.4, -0.2) is 24.7 Å². The van der Waals surface area contributed by atoms with Gasteiger partial charge in [-0.3, -0.25) is 14.6 Å². The summed E-state index contributed by atoms with van der Waals surface area (Å²) in [4.78, 5) is 9.71. The molecule has 0 saturated heterocycles. The topological polar surface area (TPSA) is 59.4 Å². The van der Waals surface area contributed by atoms with Crippen molar-refractivity contribution >= 4 is 23.6 Å². The fraction of sp³-hybridized carbons (Fsp3) is 0.231. The zero-order chi connectivity index (χ0) is 14.1. The van der Waals surface area contributed by atoms with Crippen LogP contribution < -0.4 is 0 Å². The van der Waals surface area contributed by atoms with Gasteiger partial charge in [-0.25, -0.2) is 4.98 Å². The van der Waals surface area contributed by atoms with E-state index in [0.29, 0.717) is 4.77 Å². The van der Waals surface area contributed by atoms with Gasteiger partial charge in [0.1, 0.15) is 5.01 Å². The summed E-state index contributed by atoms with van der Waals surface area (Å²) in [6.07, 6.45) is 3.54. The first kappa shape index (κ1) is 13.1. The van der Waals surface area contributed by atoms with E-state index < -0.39 is 0 Å². The maximum Gasteiger partial charge on any atom is 0.195 e. The number of H-pyrrole nitrogens is 1. The molecule has 0 spiro atoms. The summed E-state index contributed by atoms with van der Waals surface area (Å²) < 4.78 is 2.62. The minimum Gasteiger partial charge on any atom is -0.300 e. The highest BCUT2D eigenvalue weighted by molar-refractivity contribution is 7.71. The molecule has 3 aromatic heterocycles. The van der Waals surface area contributed by atoms with Crippen LogP contribution >= 0.6 is 23.6 Å². The predicted octanol–water partition coefficient (Wildman–Crippen LogP) is 3.45. The SMILES string of the molecule is CCn1c(-c2sc(-c3ccncc3)nc2C)n[nH]c1=S. The van der Waals surface area contributed by atoms with Gasteiger partial charge in [-0.1, -0.05) is 0 Å². The first-order valence-electron chi connectivity index (χ1n) is 6.24. The Balaban J connectivity index is 2.12. The number of pyridine rings is 1. The lowest BCUT2D eigenvalue weighted by atomic mass is 10.3. The molecule has 0 amide bonds. The molecule has 1 N–H and O–H groups in total. The largest absolute Gasteiger partial charge is 0.300 e. The van der Waals surface area contributed by atoms with E-state index in [9.17, 15) is 0 Å². The number of thiazole rings is 1. The van der Waals surface area contributed by atoms with Crippen molar-refractivity contribution in [1.29, 1.82) is 0 Å². The molecule has 0 unspecified atom stereocenters. The molecule has 0 saturated carbocycles. The molecule has 0 atom stereocenters. The van der Waals surface area contributed by atoms with Crippen LogP contribution in [-0.2, 0) is 6.54 Å². The van der Waals surface area contributed by atoms with Crippen LogP contribution in [0.2, 0.25) is 0 Å². The van der Waals surface area contributed by atoms with Crippen LogP contribution in [0.25, 0.3) is 21.3 Å². The van der Waals surface area contributed by atoms with Crippen LogP contribution in [0.4, 0.5) is 0 Å². The van der Waals surface area contributed by atoms with E-state index in [1.165, 1.54) is 0 Å². The van der Waals surface area contributed by atoms with Gasteiger partial charge >= 0.3 is 0 Å². The minimum absolute atomic E-state index is 0.640. The van der Waals surface area contributed by atoms with Crippen LogP contribution in [0.3, 0.4) is 0 Å². The highest BCUT2D eigenvalue weighted by atomic mass is 32.1. The molecular weight excluding hydrogens is 290 g/mol. The first-order valence-corrected chi connectivity index (χ1v) is 7.46. The Morgan fingerprint density at radius 1 is 1.35 bits per heavy atom. The highest BCUT2D eigenvalue weighted by Gasteiger charge is 2.16.